The molecule has 4 heteroatoms. The van der Waals surface area contributed by atoms with Crippen molar-refractivity contribution in [1.82, 2.24) is 0 Å². The second kappa shape index (κ2) is 7.41. The SMILES string of the molecule is CCCC(Oc1ccc(C)cc1Br)C(=O)OCC. The van der Waals surface area contributed by atoms with Crippen molar-refractivity contribution in [2.45, 2.75) is 39.7 Å². The Bertz CT molecular complexity index is 404. The minimum Gasteiger partial charge on any atom is -0.478 e. The largest absolute Gasteiger partial charge is 0.478 e. The number of carbonyl (C=O) groups excluding carboxylic acids is 1. The van der Waals surface area contributed by atoms with Crippen LogP contribution in [0.2, 0.25) is 0 Å². The molecule has 1 aromatic carbocycles. The third-order valence-electron chi connectivity index (χ3n) is 2.46. The van der Waals surface area contributed by atoms with Crippen LogP contribution in [-0.2, 0) is 9.53 Å². The number of ether oxygens (including phenoxy) is 2. The number of esters is 1. The van der Waals surface area contributed by atoms with E-state index in [2.05, 4.69) is 15.9 Å². The van der Waals surface area contributed by atoms with Crippen LogP contribution in [0, 0.1) is 6.92 Å². The fraction of sp³-hybridized carbons (Fsp3) is 0.500. The summed E-state index contributed by atoms with van der Waals surface area (Å²) in [4.78, 5) is 11.8. The van der Waals surface area contributed by atoms with Crippen LogP contribution in [0.4, 0.5) is 0 Å². The Morgan fingerprint density at radius 1 is 1.39 bits per heavy atom. The molecule has 0 amide bonds. The van der Waals surface area contributed by atoms with Gasteiger partial charge in [0.2, 0.25) is 0 Å². The summed E-state index contributed by atoms with van der Waals surface area (Å²) in [6.07, 6.45) is 0.987. The third kappa shape index (κ3) is 4.33. The average Bonchev–Trinajstić information content (AvgIpc) is 2.32. The number of aryl methyl sites for hydroxylation is 1. The first-order valence-electron chi connectivity index (χ1n) is 6.17. The van der Waals surface area contributed by atoms with Crippen LogP contribution >= 0.6 is 15.9 Å². The van der Waals surface area contributed by atoms with Gasteiger partial charge in [0.15, 0.2) is 6.10 Å². The Labute approximate surface area is 117 Å². The summed E-state index contributed by atoms with van der Waals surface area (Å²) in [5.74, 6) is 0.374. The number of halogens is 1. The van der Waals surface area contributed by atoms with Crippen molar-refractivity contribution in [3.8, 4) is 5.75 Å². The Hall–Kier alpha value is -1.03. The molecule has 0 aliphatic rings. The van der Waals surface area contributed by atoms with Crippen molar-refractivity contribution in [2.75, 3.05) is 6.61 Å². The van der Waals surface area contributed by atoms with Gasteiger partial charge in [-0.15, -0.1) is 0 Å². The summed E-state index contributed by atoms with van der Waals surface area (Å²) in [5, 5.41) is 0. The molecule has 0 aliphatic heterocycles. The Morgan fingerprint density at radius 2 is 2.11 bits per heavy atom. The first-order valence-corrected chi connectivity index (χ1v) is 6.97. The summed E-state index contributed by atoms with van der Waals surface area (Å²) < 4.78 is 11.6. The maximum atomic E-state index is 11.8. The molecule has 3 nitrogen and oxygen atoms in total. The highest BCUT2D eigenvalue weighted by molar-refractivity contribution is 9.10. The zero-order chi connectivity index (χ0) is 13.5. The minimum absolute atomic E-state index is 0.299. The van der Waals surface area contributed by atoms with E-state index in [0.29, 0.717) is 18.8 Å². The normalized spacial score (nSPS) is 12.0. The van der Waals surface area contributed by atoms with E-state index in [1.807, 2.05) is 32.0 Å². The average molecular weight is 315 g/mol. The number of benzene rings is 1. The maximum Gasteiger partial charge on any atom is 0.347 e. The highest BCUT2D eigenvalue weighted by Crippen LogP contribution is 2.27. The lowest BCUT2D eigenvalue weighted by Crippen LogP contribution is -2.29. The molecule has 0 radical (unpaired) electrons. The second-order valence-corrected chi connectivity index (χ2v) is 4.94. The fourth-order valence-corrected chi connectivity index (χ4v) is 2.16. The molecular weight excluding hydrogens is 296 g/mol. The zero-order valence-corrected chi connectivity index (χ0v) is 12.6. The van der Waals surface area contributed by atoms with Gasteiger partial charge in [0.05, 0.1) is 11.1 Å². The molecule has 0 saturated carbocycles. The van der Waals surface area contributed by atoms with Crippen LogP contribution in [0.1, 0.15) is 32.3 Å². The van der Waals surface area contributed by atoms with Gasteiger partial charge in [-0.2, -0.15) is 0 Å². The highest BCUT2D eigenvalue weighted by Gasteiger charge is 2.21. The van der Waals surface area contributed by atoms with Gasteiger partial charge in [-0.1, -0.05) is 19.4 Å². The second-order valence-electron chi connectivity index (χ2n) is 4.08. The monoisotopic (exact) mass is 314 g/mol. The van der Waals surface area contributed by atoms with Gasteiger partial charge in [-0.25, -0.2) is 4.79 Å². The van der Waals surface area contributed by atoms with Crippen LogP contribution < -0.4 is 4.74 Å². The molecule has 0 aromatic heterocycles. The zero-order valence-electron chi connectivity index (χ0n) is 11.0. The van der Waals surface area contributed by atoms with E-state index in [4.69, 9.17) is 9.47 Å². The standard InChI is InChI=1S/C14H19BrO3/c1-4-6-13(14(16)17-5-2)18-12-8-7-10(3)9-11(12)15/h7-9,13H,4-6H2,1-3H3. The molecule has 18 heavy (non-hydrogen) atoms. The lowest BCUT2D eigenvalue weighted by molar-refractivity contribution is -0.151. The molecule has 1 unspecified atom stereocenters. The Balaban J connectivity index is 2.79. The van der Waals surface area contributed by atoms with Crippen LogP contribution in [0.15, 0.2) is 22.7 Å². The molecule has 0 bridgehead atoms. The Morgan fingerprint density at radius 3 is 2.67 bits per heavy atom. The smallest absolute Gasteiger partial charge is 0.347 e. The first kappa shape index (κ1) is 15.0. The van der Waals surface area contributed by atoms with Gasteiger partial charge in [-0.05, 0) is 53.9 Å². The van der Waals surface area contributed by atoms with Crippen molar-refractivity contribution in [1.29, 1.82) is 0 Å². The quantitative estimate of drug-likeness (QED) is 0.748. The van der Waals surface area contributed by atoms with Crippen molar-refractivity contribution >= 4 is 21.9 Å². The topological polar surface area (TPSA) is 35.5 Å². The molecule has 0 aliphatic carbocycles. The summed E-state index contributed by atoms with van der Waals surface area (Å²) in [6, 6.07) is 5.78. The van der Waals surface area contributed by atoms with E-state index in [9.17, 15) is 4.79 Å². The van der Waals surface area contributed by atoms with Gasteiger partial charge < -0.3 is 9.47 Å². The number of hydrogen-bond donors (Lipinski definition) is 0. The minimum atomic E-state index is -0.533. The van der Waals surface area contributed by atoms with Crippen molar-refractivity contribution in [3.05, 3.63) is 28.2 Å². The molecule has 1 rings (SSSR count). The van der Waals surface area contributed by atoms with Gasteiger partial charge in [0.1, 0.15) is 5.75 Å². The molecular formula is C14H19BrO3. The number of carbonyl (C=O) groups is 1. The van der Waals surface area contributed by atoms with Gasteiger partial charge in [0.25, 0.3) is 0 Å². The molecule has 100 valence electrons. The molecule has 1 atom stereocenters. The van der Waals surface area contributed by atoms with E-state index >= 15 is 0 Å². The summed E-state index contributed by atoms with van der Waals surface area (Å²) in [7, 11) is 0. The lowest BCUT2D eigenvalue weighted by Gasteiger charge is -2.18. The molecule has 0 spiro atoms. The molecule has 1 aromatic rings. The third-order valence-corrected chi connectivity index (χ3v) is 3.08. The predicted octanol–water partition coefficient (Wildman–Crippen LogP) is 3.87. The van der Waals surface area contributed by atoms with Crippen molar-refractivity contribution in [3.63, 3.8) is 0 Å². The van der Waals surface area contributed by atoms with E-state index in [-0.39, 0.29) is 5.97 Å². The van der Waals surface area contributed by atoms with Gasteiger partial charge in [0, 0.05) is 0 Å². The fourth-order valence-electron chi connectivity index (χ4n) is 1.58. The maximum absolute atomic E-state index is 11.8. The molecule has 0 heterocycles. The summed E-state index contributed by atoms with van der Waals surface area (Å²) in [5.41, 5.74) is 1.14. The van der Waals surface area contributed by atoms with Crippen molar-refractivity contribution < 1.29 is 14.3 Å². The Kier molecular flexibility index (Phi) is 6.19. The number of hydrogen-bond acceptors (Lipinski definition) is 3. The molecule has 0 fully saturated rings. The van der Waals surface area contributed by atoms with E-state index in [1.54, 1.807) is 6.92 Å². The van der Waals surface area contributed by atoms with Crippen LogP contribution in [0.5, 0.6) is 5.75 Å². The van der Waals surface area contributed by atoms with Gasteiger partial charge in [-0.3, -0.25) is 0 Å². The van der Waals surface area contributed by atoms with E-state index in [1.165, 1.54) is 0 Å². The predicted molar refractivity (Wildman–Crippen MR) is 74.8 cm³/mol. The lowest BCUT2D eigenvalue weighted by atomic mass is 10.2. The first-order chi connectivity index (χ1) is 8.58. The van der Waals surface area contributed by atoms with E-state index in [0.717, 1.165) is 16.5 Å². The van der Waals surface area contributed by atoms with Gasteiger partial charge >= 0.3 is 5.97 Å². The van der Waals surface area contributed by atoms with Crippen LogP contribution in [0.25, 0.3) is 0 Å². The molecule has 0 saturated heterocycles. The highest BCUT2D eigenvalue weighted by atomic mass is 79.9. The summed E-state index contributed by atoms with van der Waals surface area (Å²) in [6.45, 7) is 6.18. The van der Waals surface area contributed by atoms with Crippen LogP contribution in [-0.4, -0.2) is 18.7 Å². The number of rotatable bonds is 6. The molecule has 0 N–H and O–H groups in total. The van der Waals surface area contributed by atoms with E-state index < -0.39 is 6.10 Å². The summed E-state index contributed by atoms with van der Waals surface area (Å²) >= 11 is 3.44. The van der Waals surface area contributed by atoms with Crippen molar-refractivity contribution in [2.24, 2.45) is 0 Å². The van der Waals surface area contributed by atoms with Crippen LogP contribution in [0.3, 0.4) is 0 Å².